The number of carbonyl (C=O) groups is 2. The summed E-state index contributed by atoms with van der Waals surface area (Å²) in [4.78, 5) is 26.0. The number of hydrogen-bond donors (Lipinski definition) is 1. The standard InChI is InChI=1S/C15H19ClN2O2/c1-10-6-7-11(12(16)9-10)15(20)18(2)13-5-3-4-8-17-14(13)19/h6-7,9,13H,3-5,8H2,1-2H3,(H,17,19). The lowest BCUT2D eigenvalue weighted by Gasteiger charge is -2.26. The molecule has 1 fully saturated rings. The Balaban J connectivity index is 2.20. The lowest BCUT2D eigenvalue weighted by Crippen LogP contribution is -2.46. The van der Waals surface area contributed by atoms with E-state index in [9.17, 15) is 9.59 Å². The van der Waals surface area contributed by atoms with Gasteiger partial charge in [-0.2, -0.15) is 0 Å². The Morgan fingerprint density at radius 2 is 2.15 bits per heavy atom. The van der Waals surface area contributed by atoms with E-state index in [4.69, 9.17) is 11.6 Å². The smallest absolute Gasteiger partial charge is 0.255 e. The normalized spacial score (nSPS) is 19.1. The van der Waals surface area contributed by atoms with Gasteiger partial charge in [-0.05, 0) is 43.9 Å². The molecule has 4 nitrogen and oxygen atoms in total. The Hall–Kier alpha value is -1.55. The van der Waals surface area contributed by atoms with Crippen molar-refractivity contribution in [2.24, 2.45) is 0 Å². The van der Waals surface area contributed by atoms with Gasteiger partial charge >= 0.3 is 0 Å². The second kappa shape index (κ2) is 6.27. The maximum Gasteiger partial charge on any atom is 0.255 e. The van der Waals surface area contributed by atoms with Crippen molar-refractivity contribution in [2.75, 3.05) is 13.6 Å². The highest BCUT2D eigenvalue weighted by molar-refractivity contribution is 6.33. The highest BCUT2D eigenvalue weighted by Crippen LogP contribution is 2.21. The number of aryl methyl sites for hydroxylation is 1. The van der Waals surface area contributed by atoms with Crippen molar-refractivity contribution in [2.45, 2.75) is 32.2 Å². The second-order valence-electron chi connectivity index (χ2n) is 5.20. The zero-order chi connectivity index (χ0) is 14.7. The predicted octanol–water partition coefficient (Wildman–Crippen LogP) is 2.39. The van der Waals surface area contributed by atoms with Gasteiger partial charge in [-0.15, -0.1) is 0 Å². The molecule has 1 atom stereocenters. The zero-order valence-electron chi connectivity index (χ0n) is 11.8. The van der Waals surface area contributed by atoms with Gasteiger partial charge in [-0.3, -0.25) is 9.59 Å². The molecule has 5 heteroatoms. The van der Waals surface area contributed by atoms with Gasteiger partial charge in [0.05, 0.1) is 10.6 Å². The van der Waals surface area contributed by atoms with Crippen LogP contribution in [0.4, 0.5) is 0 Å². The van der Waals surface area contributed by atoms with E-state index in [1.807, 2.05) is 13.0 Å². The molecule has 0 saturated carbocycles. The van der Waals surface area contributed by atoms with Crippen LogP contribution >= 0.6 is 11.6 Å². The van der Waals surface area contributed by atoms with Crippen LogP contribution in [0.15, 0.2) is 18.2 Å². The highest BCUT2D eigenvalue weighted by Gasteiger charge is 2.29. The molecule has 1 heterocycles. The van der Waals surface area contributed by atoms with E-state index in [0.717, 1.165) is 18.4 Å². The number of hydrogen-bond acceptors (Lipinski definition) is 2. The highest BCUT2D eigenvalue weighted by atomic mass is 35.5. The van der Waals surface area contributed by atoms with Gasteiger partial charge in [0.1, 0.15) is 6.04 Å². The van der Waals surface area contributed by atoms with Crippen molar-refractivity contribution >= 4 is 23.4 Å². The summed E-state index contributed by atoms with van der Waals surface area (Å²) < 4.78 is 0. The molecule has 0 aromatic heterocycles. The van der Waals surface area contributed by atoms with Crippen LogP contribution < -0.4 is 5.32 Å². The molecule has 20 heavy (non-hydrogen) atoms. The first-order chi connectivity index (χ1) is 9.50. The first kappa shape index (κ1) is 14.9. The summed E-state index contributed by atoms with van der Waals surface area (Å²) in [6.45, 7) is 2.60. The van der Waals surface area contributed by atoms with Crippen LogP contribution in [0.5, 0.6) is 0 Å². The van der Waals surface area contributed by atoms with E-state index in [-0.39, 0.29) is 11.8 Å². The quantitative estimate of drug-likeness (QED) is 0.910. The van der Waals surface area contributed by atoms with E-state index in [1.54, 1.807) is 19.2 Å². The average molecular weight is 295 g/mol. The summed E-state index contributed by atoms with van der Waals surface area (Å²) in [5, 5.41) is 3.27. The summed E-state index contributed by atoms with van der Waals surface area (Å²) in [5.41, 5.74) is 1.44. The molecular formula is C15H19ClN2O2. The van der Waals surface area contributed by atoms with Crippen molar-refractivity contribution in [1.29, 1.82) is 0 Å². The Morgan fingerprint density at radius 3 is 2.85 bits per heavy atom. The largest absolute Gasteiger partial charge is 0.354 e. The topological polar surface area (TPSA) is 49.4 Å². The van der Waals surface area contributed by atoms with Crippen molar-refractivity contribution < 1.29 is 9.59 Å². The fourth-order valence-corrected chi connectivity index (χ4v) is 2.73. The summed E-state index contributed by atoms with van der Waals surface area (Å²) >= 11 is 6.13. The summed E-state index contributed by atoms with van der Waals surface area (Å²) in [5.74, 6) is -0.293. The maximum absolute atomic E-state index is 12.5. The Labute approximate surface area is 124 Å². The number of amides is 2. The van der Waals surface area contributed by atoms with Crippen LogP contribution in [0.3, 0.4) is 0 Å². The van der Waals surface area contributed by atoms with Crippen LogP contribution in [0, 0.1) is 6.92 Å². The zero-order valence-corrected chi connectivity index (χ0v) is 12.5. The fourth-order valence-electron chi connectivity index (χ4n) is 2.42. The third-order valence-corrected chi connectivity index (χ3v) is 3.96. The first-order valence-corrected chi connectivity index (χ1v) is 7.19. The molecule has 1 saturated heterocycles. The number of likely N-dealkylation sites (N-methyl/N-ethyl adjacent to an activating group) is 1. The molecule has 2 rings (SSSR count). The summed E-state index contributed by atoms with van der Waals surface area (Å²) in [6.07, 6.45) is 2.58. The molecule has 0 bridgehead atoms. The lowest BCUT2D eigenvalue weighted by atomic mass is 10.1. The maximum atomic E-state index is 12.5. The molecule has 0 spiro atoms. The van der Waals surface area contributed by atoms with Gasteiger partial charge in [-0.1, -0.05) is 17.7 Å². The van der Waals surface area contributed by atoms with E-state index >= 15 is 0 Å². The Bertz CT molecular complexity index is 531. The third kappa shape index (κ3) is 3.12. The Morgan fingerprint density at radius 1 is 1.40 bits per heavy atom. The van der Waals surface area contributed by atoms with E-state index in [2.05, 4.69) is 5.32 Å². The summed E-state index contributed by atoms with van der Waals surface area (Å²) in [7, 11) is 1.66. The second-order valence-corrected chi connectivity index (χ2v) is 5.61. The first-order valence-electron chi connectivity index (χ1n) is 6.81. The van der Waals surface area contributed by atoms with Gasteiger partial charge in [-0.25, -0.2) is 0 Å². The van der Waals surface area contributed by atoms with Crippen molar-refractivity contribution in [3.63, 3.8) is 0 Å². The molecule has 0 radical (unpaired) electrons. The number of nitrogens with one attached hydrogen (secondary N) is 1. The Kier molecular flexibility index (Phi) is 4.65. The minimum Gasteiger partial charge on any atom is -0.354 e. The summed E-state index contributed by atoms with van der Waals surface area (Å²) in [6, 6.07) is 4.91. The van der Waals surface area contributed by atoms with Crippen molar-refractivity contribution in [3.05, 3.63) is 34.3 Å². The SMILES string of the molecule is Cc1ccc(C(=O)N(C)C2CCCCNC2=O)c(Cl)c1. The lowest BCUT2D eigenvalue weighted by molar-refractivity contribution is -0.125. The van der Waals surface area contributed by atoms with Crippen molar-refractivity contribution in [3.8, 4) is 0 Å². The molecule has 0 aliphatic carbocycles. The molecule has 1 aliphatic rings. The van der Waals surface area contributed by atoms with Crippen LogP contribution in [0.1, 0.15) is 35.2 Å². The van der Waals surface area contributed by atoms with Crippen LogP contribution in [0.25, 0.3) is 0 Å². The monoisotopic (exact) mass is 294 g/mol. The number of nitrogens with zero attached hydrogens (tertiary/aromatic N) is 1. The minimum atomic E-state index is -0.414. The molecule has 108 valence electrons. The van der Waals surface area contributed by atoms with Crippen LogP contribution in [0.2, 0.25) is 5.02 Å². The molecule has 1 aromatic carbocycles. The van der Waals surface area contributed by atoms with E-state index < -0.39 is 6.04 Å². The van der Waals surface area contributed by atoms with E-state index in [1.165, 1.54) is 4.90 Å². The van der Waals surface area contributed by atoms with Gasteiger partial charge in [0, 0.05) is 13.6 Å². The number of benzene rings is 1. The third-order valence-electron chi connectivity index (χ3n) is 3.65. The molecular weight excluding hydrogens is 276 g/mol. The van der Waals surface area contributed by atoms with Gasteiger partial charge < -0.3 is 10.2 Å². The molecule has 1 N–H and O–H groups in total. The number of rotatable bonds is 2. The van der Waals surface area contributed by atoms with Gasteiger partial charge in [0.2, 0.25) is 5.91 Å². The van der Waals surface area contributed by atoms with Crippen LogP contribution in [-0.2, 0) is 4.79 Å². The number of carbonyl (C=O) groups excluding carboxylic acids is 2. The minimum absolute atomic E-state index is 0.0819. The predicted molar refractivity (Wildman–Crippen MR) is 78.9 cm³/mol. The number of halogens is 1. The van der Waals surface area contributed by atoms with Gasteiger partial charge in [0.25, 0.3) is 5.91 Å². The average Bonchev–Trinajstić information content (AvgIpc) is 2.62. The molecule has 2 amide bonds. The molecule has 1 aliphatic heterocycles. The van der Waals surface area contributed by atoms with E-state index in [0.29, 0.717) is 23.6 Å². The van der Waals surface area contributed by atoms with Gasteiger partial charge in [0.15, 0.2) is 0 Å². The fraction of sp³-hybridized carbons (Fsp3) is 0.467. The van der Waals surface area contributed by atoms with Crippen molar-refractivity contribution in [1.82, 2.24) is 10.2 Å². The molecule has 1 unspecified atom stereocenters. The van der Waals surface area contributed by atoms with Crippen LogP contribution in [-0.4, -0.2) is 36.3 Å². The molecule has 1 aromatic rings.